The van der Waals surface area contributed by atoms with E-state index in [-0.39, 0.29) is 11.7 Å². The van der Waals surface area contributed by atoms with Crippen LogP contribution in [0, 0.1) is 5.82 Å². The van der Waals surface area contributed by atoms with E-state index in [0.29, 0.717) is 44.8 Å². The molecule has 0 bridgehead atoms. The second kappa shape index (κ2) is 7.67. The molecule has 1 fully saturated rings. The van der Waals surface area contributed by atoms with E-state index < -0.39 is 6.10 Å². The number of amides is 1. The van der Waals surface area contributed by atoms with Gasteiger partial charge in [0.15, 0.2) is 0 Å². The van der Waals surface area contributed by atoms with Crippen molar-refractivity contribution >= 4 is 5.91 Å². The molecular weight excluding hydrogens is 285 g/mol. The Bertz CT molecular complexity index is 502. The van der Waals surface area contributed by atoms with Crippen LogP contribution in [0.5, 0.6) is 0 Å². The zero-order valence-corrected chi connectivity index (χ0v) is 13.2. The van der Waals surface area contributed by atoms with Gasteiger partial charge in [0.1, 0.15) is 5.82 Å². The molecule has 1 heterocycles. The predicted molar refractivity (Wildman–Crippen MR) is 82.9 cm³/mol. The molecule has 0 saturated carbocycles. The van der Waals surface area contributed by atoms with E-state index >= 15 is 0 Å². The first kappa shape index (κ1) is 16.9. The van der Waals surface area contributed by atoms with Gasteiger partial charge in [-0.2, -0.15) is 0 Å². The summed E-state index contributed by atoms with van der Waals surface area (Å²) in [4.78, 5) is 17.7. The van der Waals surface area contributed by atoms with Crippen LogP contribution in [0.1, 0.15) is 11.7 Å². The normalized spacial score (nSPS) is 17.8. The highest BCUT2D eigenvalue weighted by molar-refractivity contribution is 5.78. The van der Waals surface area contributed by atoms with Crippen molar-refractivity contribution in [3.63, 3.8) is 0 Å². The maximum Gasteiger partial charge on any atom is 0.236 e. The van der Waals surface area contributed by atoms with Crippen LogP contribution in [-0.4, -0.2) is 79.1 Å². The third-order valence-corrected chi connectivity index (χ3v) is 3.87. The fourth-order valence-electron chi connectivity index (χ4n) is 2.64. The molecule has 1 N–H and O–H groups in total. The first-order chi connectivity index (χ1) is 10.5. The van der Waals surface area contributed by atoms with Gasteiger partial charge in [-0.25, -0.2) is 4.39 Å². The van der Waals surface area contributed by atoms with Crippen molar-refractivity contribution in [2.45, 2.75) is 6.10 Å². The van der Waals surface area contributed by atoms with E-state index in [1.165, 1.54) is 6.07 Å². The number of hydrogen-bond donors (Lipinski definition) is 1. The van der Waals surface area contributed by atoms with Gasteiger partial charge in [0.25, 0.3) is 0 Å². The lowest BCUT2D eigenvalue weighted by Gasteiger charge is -2.36. The number of carbonyl (C=O) groups excluding carboxylic acids is 1. The third kappa shape index (κ3) is 4.50. The lowest BCUT2D eigenvalue weighted by Crippen LogP contribution is -2.51. The number of aliphatic hydroxyl groups is 1. The maximum absolute atomic E-state index is 13.6. The van der Waals surface area contributed by atoms with E-state index in [9.17, 15) is 14.3 Å². The number of rotatable bonds is 5. The number of halogens is 1. The molecule has 1 aromatic carbocycles. The average molecular weight is 309 g/mol. The number of hydrogen-bond acceptors (Lipinski definition) is 4. The fraction of sp³-hybridized carbons (Fsp3) is 0.562. The summed E-state index contributed by atoms with van der Waals surface area (Å²) in [6, 6.07) is 6.30. The third-order valence-electron chi connectivity index (χ3n) is 3.87. The van der Waals surface area contributed by atoms with Crippen molar-refractivity contribution in [1.82, 2.24) is 14.7 Å². The van der Waals surface area contributed by atoms with Crippen LogP contribution in [-0.2, 0) is 4.79 Å². The molecule has 0 aromatic heterocycles. The molecule has 122 valence electrons. The monoisotopic (exact) mass is 309 g/mol. The molecule has 1 amide bonds. The summed E-state index contributed by atoms with van der Waals surface area (Å²) < 4.78 is 13.6. The zero-order valence-electron chi connectivity index (χ0n) is 13.2. The summed E-state index contributed by atoms with van der Waals surface area (Å²) in [6.07, 6.45) is -0.842. The second-order valence-electron chi connectivity index (χ2n) is 5.96. The molecule has 6 heteroatoms. The van der Waals surface area contributed by atoms with Gasteiger partial charge in [0.2, 0.25) is 5.91 Å². The van der Waals surface area contributed by atoms with E-state index in [4.69, 9.17) is 0 Å². The van der Waals surface area contributed by atoms with Crippen molar-refractivity contribution in [3.05, 3.63) is 35.6 Å². The molecule has 2 rings (SSSR count). The SMILES string of the molecule is CN(C)CC(=O)N1CCN(CC(O)c2ccccc2F)CC1. The molecular formula is C16H24FN3O2. The summed E-state index contributed by atoms with van der Waals surface area (Å²) in [5.41, 5.74) is 0.327. The minimum atomic E-state index is -0.842. The highest BCUT2D eigenvalue weighted by Crippen LogP contribution is 2.18. The predicted octanol–water partition coefficient (Wildman–Crippen LogP) is 0.565. The Labute approximate surface area is 130 Å². The largest absolute Gasteiger partial charge is 0.387 e. The summed E-state index contributed by atoms with van der Waals surface area (Å²) in [5.74, 6) is -0.255. The standard InChI is InChI=1S/C16H24FN3O2/c1-18(2)12-16(22)20-9-7-19(8-10-20)11-15(21)13-5-3-4-6-14(13)17/h3-6,15,21H,7-12H2,1-2H3. The number of benzene rings is 1. The molecule has 1 aliphatic rings. The Balaban J connectivity index is 1.82. The fourth-order valence-corrected chi connectivity index (χ4v) is 2.64. The smallest absolute Gasteiger partial charge is 0.236 e. The topological polar surface area (TPSA) is 47.0 Å². The van der Waals surface area contributed by atoms with Gasteiger partial charge in [0, 0.05) is 38.3 Å². The Morgan fingerprint density at radius 1 is 1.27 bits per heavy atom. The van der Waals surface area contributed by atoms with Crippen LogP contribution in [0.15, 0.2) is 24.3 Å². The molecule has 1 atom stereocenters. The lowest BCUT2D eigenvalue weighted by atomic mass is 10.1. The minimum Gasteiger partial charge on any atom is -0.387 e. The van der Waals surface area contributed by atoms with Crippen LogP contribution in [0.4, 0.5) is 4.39 Å². The van der Waals surface area contributed by atoms with Crippen molar-refractivity contribution in [2.75, 3.05) is 53.4 Å². The second-order valence-corrected chi connectivity index (χ2v) is 5.96. The van der Waals surface area contributed by atoms with E-state index in [0.717, 1.165) is 0 Å². The van der Waals surface area contributed by atoms with Gasteiger partial charge >= 0.3 is 0 Å². The van der Waals surface area contributed by atoms with Crippen LogP contribution in [0.25, 0.3) is 0 Å². The number of nitrogens with zero attached hydrogens (tertiary/aromatic N) is 3. The summed E-state index contributed by atoms with van der Waals surface area (Å²) >= 11 is 0. The van der Waals surface area contributed by atoms with Crippen molar-refractivity contribution < 1.29 is 14.3 Å². The summed E-state index contributed by atoms with van der Waals surface area (Å²) in [6.45, 7) is 3.50. The van der Waals surface area contributed by atoms with Gasteiger partial charge < -0.3 is 14.9 Å². The van der Waals surface area contributed by atoms with E-state index in [2.05, 4.69) is 4.90 Å². The molecule has 0 radical (unpaired) electrons. The van der Waals surface area contributed by atoms with E-state index in [1.807, 2.05) is 23.9 Å². The number of aliphatic hydroxyl groups excluding tert-OH is 1. The van der Waals surface area contributed by atoms with Crippen LogP contribution in [0.2, 0.25) is 0 Å². The van der Waals surface area contributed by atoms with Gasteiger partial charge in [-0.15, -0.1) is 0 Å². The molecule has 1 saturated heterocycles. The number of likely N-dealkylation sites (N-methyl/N-ethyl adjacent to an activating group) is 1. The molecule has 5 nitrogen and oxygen atoms in total. The maximum atomic E-state index is 13.6. The molecule has 0 aliphatic carbocycles. The quantitative estimate of drug-likeness (QED) is 0.864. The van der Waals surface area contributed by atoms with E-state index in [1.54, 1.807) is 18.2 Å². The lowest BCUT2D eigenvalue weighted by molar-refractivity contribution is -0.133. The number of β-amino-alcohol motifs (C(OH)–C–C–N with tert-alkyl or cyclic N) is 1. The average Bonchev–Trinajstić information content (AvgIpc) is 2.47. The van der Waals surface area contributed by atoms with Gasteiger partial charge in [0.05, 0.1) is 12.6 Å². The number of piperazine rings is 1. The Morgan fingerprint density at radius 3 is 2.50 bits per heavy atom. The zero-order chi connectivity index (χ0) is 16.1. The summed E-state index contributed by atoms with van der Waals surface area (Å²) in [7, 11) is 3.75. The van der Waals surface area contributed by atoms with Crippen LogP contribution in [0.3, 0.4) is 0 Å². The van der Waals surface area contributed by atoms with Crippen LogP contribution < -0.4 is 0 Å². The first-order valence-electron chi connectivity index (χ1n) is 7.54. The Hall–Kier alpha value is -1.50. The molecule has 1 aromatic rings. The van der Waals surface area contributed by atoms with Gasteiger partial charge in [-0.3, -0.25) is 9.69 Å². The van der Waals surface area contributed by atoms with Crippen LogP contribution >= 0.6 is 0 Å². The molecule has 0 spiro atoms. The minimum absolute atomic E-state index is 0.124. The number of carbonyl (C=O) groups is 1. The molecule has 1 unspecified atom stereocenters. The Kier molecular flexibility index (Phi) is 5.88. The molecule has 22 heavy (non-hydrogen) atoms. The van der Waals surface area contributed by atoms with Crippen molar-refractivity contribution in [3.8, 4) is 0 Å². The highest BCUT2D eigenvalue weighted by atomic mass is 19.1. The summed E-state index contributed by atoms with van der Waals surface area (Å²) in [5, 5.41) is 10.2. The first-order valence-corrected chi connectivity index (χ1v) is 7.54. The highest BCUT2D eigenvalue weighted by Gasteiger charge is 2.23. The van der Waals surface area contributed by atoms with Gasteiger partial charge in [-0.1, -0.05) is 18.2 Å². The van der Waals surface area contributed by atoms with Crippen molar-refractivity contribution in [2.24, 2.45) is 0 Å². The Morgan fingerprint density at radius 2 is 1.91 bits per heavy atom. The van der Waals surface area contributed by atoms with Gasteiger partial charge in [-0.05, 0) is 20.2 Å². The van der Waals surface area contributed by atoms with Crippen molar-refractivity contribution in [1.29, 1.82) is 0 Å². The molecule has 1 aliphatic heterocycles.